The molecular formula is C19H15N3O5. The highest BCUT2D eigenvalue weighted by Gasteiger charge is 2.16. The molecule has 1 heterocycles. The summed E-state index contributed by atoms with van der Waals surface area (Å²) in [5.74, 6) is 0.994. The van der Waals surface area contributed by atoms with Crippen LogP contribution < -0.4 is 9.47 Å². The average Bonchev–Trinajstić information content (AvgIpc) is 3.20. The summed E-state index contributed by atoms with van der Waals surface area (Å²) < 4.78 is 20.8. The topological polar surface area (TPSA) is 107 Å². The maximum atomic E-state index is 12.1. The summed E-state index contributed by atoms with van der Waals surface area (Å²) >= 11 is 0. The summed E-state index contributed by atoms with van der Waals surface area (Å²) in [4.78, 5) is 16.3. The van der Waals surface area contributed by atoms with Crippen molar-refractivity contribution in [1.29, 1.82) is 5.26 Å². The summed E-state index contributed by atoms with van der Waals surface area (Å²) in [6, 6.07) is 13.4. The zero-order chi connectivity index (χ0) is 19.2. The fourth-order valence-electron chi connectivity index (χ4n) is 2.33. The number of esters is 1. The molecule has 2 aromatic carbocycles. The van der Waals surface area contributed by atoms with Gasteiger partial charge in [0, 0.05) is 6.07 Å². The zero-order valence-electron chi connectivity index (χ0n) is 14.6. The first kappa shape index (κ1) is 17.9. The van der Waals surface area contributed by atoms with Crippen molar-refractivity contribution < 1.29 is 23.5 Å². The molecule has 0 N–H and O–H groups in total. The third-order valence-electron chi connectivity index (χ3n) is 3.67. The molecule has 0 aliphatic heterocycles. The lowest BCUT2D eigenvalue weighted by Gasteiger charge is -2.07. The van der Waals surface area contributed by atoms with Gasteiger partial charge in [-0.05, 0) is 30.3 Å². The van der Waals surface area contributed by atoms with Crippen molar-refractivity contribution in [3.05, 3.63) is 59.5 Å². The van der Waals surface area contributed by atoms with Crippen LogP contribution in [0.15, 0.2) is 47.0 Å². The summed E-state index contributed by atoms with van der Waals surface area (Å²) in [6.45, 7) is -0.193. The Hall–Kier alpha value is -3.86. The number of ether oxygens (including phenoxy) is 3. The Balaban J connectivity index is 1.71. The van der Waals surface area contributed by atoms with Crippen LogP contribution in [0.4, 0.5) is 0 Å². The van der Waals surface area contributed by atoms with Gasteiger partial charge < -0.3 is 18.7 Å². The monoisotopic (exact) mass is 365 g/mol. The quantitative estimate of drug-likeness (QED) is 0.614. The van der Waals surface area contributed by atoms with Gasteiger partial charge in [-0.25, -0.2) is 4.79 Å². The number of benzene rings is 2. The van der Waals surface area contributed by atoms with E-state index in [1.165, 1.54) is 13.2 Å². The number of methoxy groups -OCH3 is 2. The zero-order valence-corrected chi connectivity index (χ0v) is 14.6. The summed E-state index contributed by atoms with van der Waals surface area (Å²) in [7, 11) is 3.08. The van der Waals surface area contributed by atoms with E-state index >= 15 is 0 Å². The van der Waals surface area contributed by atoms with Crippen LogP contribution in [0.1, 0.15) is 21.8 Å². The summed E-state index contributed by atoms with van der Waals surface area (Å²) in [5.41, 5.74) is 1.25. The second-order valence-corrected chi connectivity index (χ2v) is 5.35. The molecule has 3 aromatic rings. The van der Waals surface area contributed by atoms with Crippen molar-refractivity contribution in [1.82, 2.24) is 10.1 Å². The largest absolute Gasteiger partial charge is 0.497 e. The molecular weight excluding hydrogens is 350 g/mol. The summed E-state index contributed by atoms with van der Waals surface area (Å²) in [6.07, 6.45) is 0. The minimum Gasteiger partial charge on any atom is -0.497 e. The van der Waals surface area contributed by atoms with Gasteiger partial charge in [0.2, 0.25) is 5.82 Å². The molecule has 8 nitrogen and oxygen atoms in total. The average molecular weight is 365 g/mol. The first-order valence-electron chi connectivity index (χ1n) is 7.87. The van der Waals surface area contributed by atoms with Gasteiger partial charge in [-0.15, -0.1) is 0 Å². The molecule has 0 fully saturated rings. The summed E-state index contributed by atoms with van der Waals surface area (Å²) in [5, 5.41) is 12.8. The van der Waals surface area contributed by atoms with E-state index in [2.05, 4.69) is 10.1 Å². The number of carbonyl (C=O) groups excluding carboxylic acids is 1. The van der Waals surface area contributed by atoms with Gasteiger partial charge in [-0.1, -0.05) is 11.2 Å². The van der Waals surface area contributed by atoms with Crippen LogP contribution in [0.3, 0.4) is 0 Å². The fraction of sp³-hybridized carbons (Fsp3) is 0.158. The minimum absolute atomic E-state index is 0.132. The van der Waals surface area contributed by atoms with E-state index in [9.17, 15) is 4.79 Å². The third kappa shape index (κ3) is 4.04. The maximum Gasteiger partial charge on any atom is 0.338 e. The second kappa shape index (κ2) is 8.01. The number of rotatable bonds is 6. The van der Waals surface area contributed by atoms with Crippen LogP contribution in [0, 0.1) is 11.3 Å². The van der Waals surface area contributed by atoms with Crippen LogP contribution in [0.2, 0.25) is 0 Å². The first-order valence-corrected chi connectivity index (χ1v) is 7.87. The highest BCUT2D eigenvalue weighted by Crippen LogP contribution is 2.31. The Morgan fingerprint density at radius 2 is 2.04 bits per heavy atom. The van der Waals surface area contributed by atoms with Crippen molar-refractivity contribution in [2.45, 2.75) is 6.61 Å². The van der Waals surface area contributed by atoms with Crippen molar-refractivity contribution in [2.24, 2.45) is 0 Å². The Morgan fingerprint density at radius 3 is 2.78 bits per heavy atom. The van der Waals surface area contributed by atoms with Crippen LogP contribution in [0.5, 0.6) is 11.5 Å². The number of carbonyl (C=O) groups is 1. The molecule has 27 heavy (non-hydrogen) atoms. The standard InChI is InChI=1S/C19H15N3O5/c1-24-14-6-7-15(16(9-14)25-2)18-21-17(27-22-18)11-26-19(23)13-5-3-4-12(8-13)10-20/h3-9H,11H2,1-2H3. The number of aromatic nitrogens is 2. The molecule has 136 valence electrons. The Labute approximate surface area is 154 Å². The Kier molecular flexibility index (Phi) is 5.33. The molecule has 0 aliphatic carbocycles. The van der Waals surface area contributed by atoms with Gasteiger partial charge in [-0.3, -0.25) is 0 Å². The van der Waals surface area contributed by atoms with E-state index in [-0.39, 0.29) is 18.1 Å². The normalized spacial score (nSPS) is 10.1. The number of hydrogen-bond donors (Lipinski definition) is 0. The fourth-order valence-corrected chi connectivity index (χ4v) is 2.33. The maximum absolute atomic E-state index is 12.1. The molecule has 0 unspecified atom stereocenters. The molecule has 1 aromatic heterocycles. The lowest BCUT2D eigenvalue weighted by Crippen LogP contribution is -2.05. The van der Waals surface area contributed by atoms with Crippen molar-refractivity contribution in [3.8, 4) is 29.0 Å². The lowest BCUT2D eigenvalue weighted by molar-refractivity contribution is 0.0430. The van der Waals surface area contributed by atoms with Gasteiger partial charge in [-0.2, -0.15) is 10.2 Å². The van der Waals surface area contributed by atoms with E-state index in [1.54, 1.807) is 43.5 Å². The number of hydrogen-bond acceptors (Lipinski definition) is 8. The molecule has 0 saturated heterocycles. The lowest BCUT2D eigenvalue weighted by atomic mass is 10.1. The Morgan fingerprint density at radius 1 is 1.19 bits per heavy atom. The molecule has 0 saturated carbocycles. The van der Waals surface area contributed by atoms with Gasteiger partial charge in [0.15, 0.2) is 6.61 Å². The predicted octanol–water partition coefficient (Wildman–Crippen LogP) is 2.98. The van der Waals surface area contributed by atoms with Gasteiger partial charge in [0.25, 0.3) is 5.89 Å². The molecule has 0 spiro atoms. The van der Waals surface area contributed by atoms with E-state index in [0.29, 0.717) is 28.5 Å². The third-order valence-corrected chi connectivity index (χ3v) is 3.67. The van der Waals surface area contributed by atoms with E-state index < -0.39 is 5.97 Å². The van der Waals surface area contributed by atoms with E-state index in [1.807, 2.05) is 6.07 Å². The van der Waals surface area contributed by atoms with Crippen molar-refractivity contribution in [3.63, 3.8) is 0 Å². The SMILES string of the molecule is COc1ccc(-c2noc(COC(=O)c3cccc(C#N)c3)n2)c(OC)c1. The molecule has 8 heteroatoms. The molecule has 0 aliphatic rings. The van der Waals surface area contributed by atoms with Crippen LogP contribution in [-0.4, -0.2) is 30.3 Å². The molecule has 0 radical (unpaired) electrons. The number of nitriles is 1. The highest BCUT2D eigenvalue weighted by atomic mass is 16.6. The highest BCUT2D eigenvalue weighted by molar-refractivity contribution is 5.89. The molecule has 0 bridgehead atoms. The predicted molar refractivity (Wildman–Crippen MR) is 93.1 cm³/mol. The molecule has 0 amide bonds. The minimum atomic E-state index is -0.589. The van der Waals surface area contributed by atoms with Crippen LogP contribution in [0.25, 0.3) is 11.4 Å². The molecule has 0 atom stereocenters. The number of nitrogens with zero attached hydrogens (tertiary/aromatic N) is 3. The van der Waals surface area contributed by atoms with Crippen molar-refractivity contribution in [2.75, 3.05) is 14.2 Å². The van der Waals surface area contributed by atoms with Crippen LogP contribution in [-0.2, 0) is 11.3 Å². The Bertz CT molecular complexity index is 1010. The van der Waals surface area contributed by atoms with Crippen LogP contribution >= 0.6 is 0 Å². The first-order chi connectivity index (χ1) is 13.1. The van der Waals surface area contributed by atoms with E-state index in [4.69, 9.17) is 24.0 Å². The van der Waals surface area contributed by atoms with Gasteiger partial charge >= 0.3 is 5.97 Å². The van der Waals surface area contributed by atoms with Gasteiger partial charge in [0.1, 0.15) is 11.5 Å². The molecule has 3 rings (SSSR count). The smallest absolute Gasteiger partial charge is 0.338 e. The second-order valence-electron chi connectivity index (χ2n) is 5.35. The van der Waals surface area contributed by atoms with Crippen molar-refractivity contribution >= 4 is 5.97 Å². The van der Waals surface area contributed by atoms with Gasteiger partial charge in [0.05, 0.1) is 37.0 Å². The van der Waals surface area contributed by atoms with E-state index in [0.717, 1.165) is 0 Å².